The second kappa shape index (κ2) is 10.0. The number of hydrogen-bond acceptors (Lipinski definition) is 4. The number of nitrogens with one attached hydrogen (secondary N) is 2. The summed E-state index contributed by atoms with van der Waals surface area (Å²) in [6.45, 7) is 6.49. The molecule has 0 heterocycles. The molecule has 0 aromatic heterocycles. The molecule has 1 atom stereocenters. The molecule has 0 spiro atoms. The molecule has 0 aliphatic rings. The van der Waals surface area contributed by atoms with Gasteiger partial charge in [0.1, 0.15) is 5.75 Å². The van der Waals surface area contributed by atoms with Crippen LogP contribution in [-0.2, 0) is 4.79 Å². The summed E-state index contributed by atoms with van der Waals surface area (Å²) in [5, 5.41) is 5.45. The number of benzene rings is 2. The van der Waals surface area contributed by atoms with Crippen LogP contribution in [0.5, 0.6) is 5.75 Å². The van der Waals surface area contributed by atoms with Gasteiger partial charge < -0.3 is 15.4 Å². The van der Waals surface area contributed by atoms with Crippen molar-refractivity contribution < 1.29 is 14.3 Å². The number of hydrogen-bond donors (Lipinski definition) is 2. The van der Waals surface area contributed by atoms with Crippen molar-refractivity contribution in [1.82, 2.24) is 5.32 Å². The summed E-state index contributed by atoms with van der Waals surface area (Å²) in [4.78, 5) is 26.0. The zero-order chi connectivity index (χ0) is 19.8. The van der Waals surface area contributed by atoms with Gasteiger partial charge in [-0.1, -0.05) is 26.0 Å². The third kappa shape index (κ3) is 6.32. The molecule has 27 heavy (non-hydrogen) atoms. The Morgan fingerprint density at radius 1 is 1.04 bits per heavy atom. The van der Waals surface area contributed by atoms with Crippen molar-refractivity contribution in [3.63, 3.8) is 0 Å². The van der Waals surface area contributed by atoms with Crippen molar-refractivity contribution in [2.75, 3.05) is 19.0 Å². The predicted octanol–water partition coefficient (Wildman–Crippen LogP) is 4.20. The average molecular weight is 387 g/mol. The lowest BCUT2D eigenvalue weighted by molar-refractivity contribution is -0.115. The summed E-state index contributed by atoms with van der Waals surface area (Å²) in [6, 6.07) is 14.6. The van der Waals surface area contributed by atoms with Crippen molar-refractivity contribution >= 4 is 29.3 Å². The highest BCUT2D eigenvalue weighted by molar-refractivity contribution is 8.00. The number of carbonyl (C=O) groups is 2. The number of para-hydroxylation sites is 1. The molecule has 2 N–H and O–H groups in total. The molecule has 0 saturated carbocycles. The van der Waals surface area contributed by atoms with Crippen molar-refractivity contribution in [3.05, 3.63) is 54.1 Å². The molecular weight excluding hydrogens is 360 g/mol. The summed E-state index contributed by atoms with van der Waals surface area (Å²) in [5.41, 5.74) is 0.985. The molecule has 5 nitrogen and oxygen atoms in total. The van der Waals surface area contributed by atoms with E-state index in [1.165, 1.54) is 11.8 Å². The van der Waals surface area contributed by atoms with Gasteiger partial charge in [0, 0.05) is 11.4 Å². The fraction of sp³-hybridized carbons (Fsp3) is 0.333. The molecule has 0 saturated heterocycles. The van der Waals surface area contributed by atoms with Gasteiger partial charge in [-0.25, -0.2) is 0 Å². The Morgan fingerprint density at radius 3 is 2.33 bits per heavy atom. The van der Waals surface area contributed by atoms with Crippen molar-refractivity contribution in [2.45, 2.75) is 30.9 Å². The average Bonchev–Trinajstić information content (AvgIpc) is 2.67. The van der Waals surface area contributed by atoms with Gasteiger partial charge in [-0.15, -0.1) is 11.8 Å². The molecule has 0 aliphatic heterocycles. The van der Waals surface area contributed by atoms with Gasteiger partial charge in [0.05, 0.1) is 23.6 Å². The number of rotatable bonds is 8. The van der Waals surface area contributed by atoms with Crippen LogP contribution in [0.2, 0.25) is 0 Å². The maximum Gasteiger partial charge on any atom is 0.253 e. The Hall–Kier alpha value is -2.47. The molecule has 0 fully saturated rings. The molecule has 2 aromatic carbocycles. The van der Waals surface area contributed by atoms with E-state index < -0.39 is 0 Å². The van der Waals surface area contributed by atoms with Crippen LogP contribution in [0, 0.1) is 5.92 Å². The smallest absolute Gasteiger partial charge is 0.253 e. The topological polar surface area (TPSA) is 67.4 Å². The van der Waals surface area contributed by atoms with Crippen LogP contribution in [-0.4, -0.2) is 30.7 Å². The molecule has 2 amide bonds. The van der Waals surface area contributed by atoms with Crippen molar-refractivity contribution in [2.24, 2.45) is 5.92 Å². The molecule has 2 aromatic rings. The van der Waals surface area contributed by atoms with E-state index in [1.54, 1.807) is 31.4 Å². The zero-order valence-corrected chi connectivity index (χ0v) is 16.9. The fourth-order valence-electron chi connectivity index (χ4n) is 2.33. The summed E-state index contributed by atoms with van der Waals surface area (Å²) in [6.07, 6.45) is 0. The van der Waals surface area contributed by atoms with Gasteiger partial charge >= 0.3 is 0 Å². The van der Waals surface area contributed by atoms with E-state index in [4.69, 9.17) is 4.74 Å². The maximum atomic E-state index is 12.6. The largest absolute Gasteiger partial charge is 0.497 e. The third-order valence-corrected chi connectivity index (χ3v) is 4.95. The second-order valence-corrected chi connectivity index (χ2v) is 7.99. The van der Waals surface area contributed by atoms with Gasteiger partial charge in [-0.2, -0.15) is 0 Å². The highest BCUT2D eigenvalue weighted by Gasteiger charge is 2.18. The van der Waals surface area contributed by atoms with E-state index in [9.17, 15) is 9.59 Å². The number of anilines is 1. The minimum absolute atomic E-state index is 0.153. The van der Waals surface area contributed by atoms with Crippen LogP contribution in [0.15, 0.2) is 53.4 Å². The summed E-state index contributed by atoms with van der Waals surface area (Å²) < 4.78 is 5.14. The fourth-order valence-corrected chi connectivity index (χ4v) is 3.20. The summed E-state index contributed by atoms with van der Waals surface area (Å²) >= 11 is 1.45. The molecule has 6 heteroatoms. The lowest BCUT2D eigenvalue weighted by Gasteiger charge is -2.15. The standard InChI is InChI=1S/C21H26N2O3S/c1-14(2)13-22-21(25)18-7-5-6-8-19(18)23-20(24)15(3)27-17-11-9-16(26-4)10-12-17/h5-12,14-15H,13H2,1-4H3,(H,22,25)(H,23,24). The first-order chi connectivity index (χ1) is 12.9. The van der Waals surface area contributed by atoms with E-state index in [0.29, 0.717) is 23.7 Å². The Bertz CT molecular complexity index is 775. The minimum Gasteiger partial charge on any atom is -0.497 e. The maximum absolute atomic E-state index is 12.6. The predicted molar refractivity (Wildman–Crippen MR) is 111 cm³/mol. The lowest BCUT2D eigenvalue weighted by Crippen LogP contribution is -2.29. The lowest BCUT2D eigenvalue weighted by atomic mass is 10.1. The first-order valence-corrected chi connectivity index (χ1v) is 9.77. The quantitative estimate of drug-likeness (QED) is 0.667. The Morgan fingerprint density at radius 2 is 1.70 bits per heavy atom. The van der Waals surface area contributed by atoms with Gasteiger partial charge in [0.15, 0.2) is 0 Å². The molecule has 0 radical (unpaired) electrons. The highest BCUT2D eigenvalue weighted by Crippen LogP contribution is 2.26. The van der Waals surface area contributed by atoms with Crippen LogP contribution in [0.3, 0.4) is 0 Å². The highest BCUT2D eigenvalue weighted by atomic mass is 32.2. The van der Waals surface area contributed by atoms with E-state index in [2.05, 4.69) is 10.6 Å². The van der Waals surface area contributed by atoms with E-state index in [-0.39, 0.29) is 17.1 Å². The third-order valence-electron chi connectivity index (χ3n) is 3.84. The molecule has 0 bridgehead atoms. The molecule has 0 aliphatic carbocycles. The number of ether oxygens (including phenoxy) is 1. The first kappa shape index (κ1) is 20.8. The SMILES string of the molecule is COc1ccc(SC(C)C(=O)Nc2ccccc2C(=O)NCC(C)C)cc1. The van der Waals surface area contributed by atoms with Gasteiger partial charge in [0.2, 0.25) is 5.91 Å². The first-order valence-electron chi connectivity index (χ1n) is 8.89. The van der Waals surface area contributed by atoms with Gasteiger partial charge in [-0.05, 0) is 49.2 Å². The molecule has 1 unspecified atom stereocenters. The Labute approximate surface area is 164 Å². The van der Waals surface area contributed by atoms with Crippen LogP contribution >= 0.6 is 11.8 Å². The minimum atomic E-state index is -0.315. The van der Waals surface area contributed by atoms with Crippen LogP contribution in [0.25, 0.3) is 0 Å². The van der Waals surface area contributed by atoms with E-state index in [1.807, 2.05) is 45.0 Å². The van der Waals surface area contributed by atoms with E-state index in [0.717, 1.165) is 10.6 Å². The summed E-state index contributed by atoms with van der Waals surface area (Å²) in [5.74, 6) is 0.796. The van der Waals surface area contributed by atoms with Crippen molar-refractivity contribution in [1.29, 1.82) is 0 Å². The molecule has 2 rings (SSSR count). The number of methoxy groups -OCH3 is 1. The van der Waals surface area contributed by atoms with Crippen LogP contribution < -0.4 is 15.4 Å². The van der Waals surface area contributed by atoms with Crippen LogP contribution in [0.4, 0.5) is 5.69 Å². The molecule has 144 valence electrons. The van der Waals surface area contributed by atoms with Gasteiger partial charge in [-0.3, -0.25) is 9.59 Å². The monoisotopic (exact) mass is 386 g/mol. The van der Waals surface area contributed by atoms with Gasteiger partial charge in [0.25, 0.3) is 5.91 Å². The van der Waals surface area contributed by atoms with E-state index >= 15 is 0 Å². The normalized spacial score (nSPS) is 11.7. The van der Waals surface area contributed by atoms with Crippen LogP contribution in [0.1, 0.15) is 31.1 Å². The molecular formula is C21H26N2O3S. The number of amides is 2. The number of thioether (sulfide) groups is 1. The second-order valence-electron chi connectivity index (χ2n) is 6.57. The number of carbonyl (C=O) groups excluding carboxylic acids is 2. The Balaban J connectivity index is 2.02. The Kier molecular flexibility index (Phi) is 7.73. The van der Waals surface area contributed by atoms with Crippen molar-refractivity contribution in [3.8, 4) is 5.75 Å². The zero-order valence-electron chi connectivity index (χ0n) is 16.1. The summed E-state index contributed by atoms with van der Waals surface area (Å²) in [7, 11) is 1.62.